The molecule has 3 N–H and O–H groups in total. The molecule has 2 fully saturated rings. The molecule has 2 atom stereocenters. The van der Waals surface area contributed by atoms with Crippen LogP contribution in [0.25, 0.3) is 16.8 Å². The Hall–Kier alpha value is -4.78. The number of halogens is 3. The fourth-order valence-electron chi connectivity index (χ4n) is 6.68. The molecule has 51 heavy (non-hydrogen) atoms. The first kappa shape index (κ1) is 34.7. The Morgan fingerprint density at radius 1 is 1.08 bits per heavy atom. The number of nitrogens with zero attached hydrogens (tertiary/aromatic N) is 6. The summed E-state index contributed by atoms with van der Waals surface area (Å²) in [5.74, 6) is 0.0801. The van der Waals surface area contributed by atoms with Crippen LogP contribution >= 0.6 is 11.6 Å². The number of hydrogen-bond donors (Lipinski definition) is 2. The fraction of sp³-hybridized carbons (Fsp3) is 0.432. The number of ether oxygens (including phenoxy) is 1. The molecule has 0 radical (unpaired) electrons. The van der Waals surface area contributed by atoms with Crippen LogP contribution in [0, 0.1) is 5.41 Å². The van der Waals surface area contributed by atoms with E-state index in [1.165, 1.54) is 17.3 Å². The van der Waals surface area contributed by atoms with E-state index in [9.17, 15) is 18.4 Å². The minimum Gasteiger partial charge on any atom is -0.447 e. The summed E-state index contributed by atoms with van der Waals surface area (Å²) < 4.78 is 34.5. The molecule has 268 valence electrons. The number of guanidine groups is 1. The van der Waals surface area contributed by atoms with Gasteiger partial charge in [0, 0.05) is 23.5 Å². The van der Waals surface area contributed by atoms with Gasteiger partial charge in [0.1, 0.15) is 6.61 Å². The number of nitrogens with two attached hydrogens (primary N) is 1. The number of alkyl halides is 2. The molecule has 11 nitrogen and oxygen atoms in total. The average Bonchev–Trinajstić information content (AvgIpc) is 3.89. The van der Waals surface area contributed by atoms with Crippen molar-refractivity contribution in [1.29, 1.82) is 0 Å². The van der Waals surface area contributed by atoms with E-state index in [2.05, 4.69) is 15.5 Å². The van der Waals surface area contributed by atoms with Crippen LogP contribution in [0.1, 0.15) is 95.0 Å². The van der Waals surface area contributed by atoms with Gasteiger partial charge < -0.3 is 15.8 Å². The maximum Gasteiger partial charge on any atom is 0.407 e. The monoisotopic (exact) mass is 718 g/mol. The Labute approximate surface area is 299 Å². The highest BCUT2D eigenvalue weighted by molar-refractivity contribution is 6.32. The molecule has 2 amide bonds. The summed E-state index contributed by atoms with van der Waals surface area (Å²) in [5, 5.41) is 11.7. The number of carbonyl (C=O) groups excluding carboxylic acids is 2. The summed E-state index contributed by atoms with van der Waals surface area (Å²) in [4.78, 5) is 34.3. The second kappa shape index (κ2) is 12.8. The van der Waals surface area contributed by atoms with Crippen LogP contribution in [0.3, 0.4) is 0 Å². The van der Waals surface area contributed by atoms with Crippen molar-refractivity contribution in [3.8, 4) is 16.8 Å². The van der Waals surface area contributed by atoms with Gasteiger partial charge in [0.15, 0.2) is 11.5 Å². The van der Waals surface area contributed by atoms with Crippen molar-refractivity contribution < 1.29 is 23.1 Å². The highest BCUT2D eigenvalue weighted by atomic mass is 35.5. The van der Waals surface area contributed by atoms with Crippen molar-refractivity contribution >= 4 is 29.6 Å². The summed E-state index contributed by atoms with van der Waals surface area (Å²) >= 11 is 6.71. The number of aliphatic imine (C=N–C) groups is 1. The Kier molecular flexibility index (Phi) is 8.68. The molecule has 0 bridgehead atoms. The van der Waals surface area contributed by atoms with Crippen LogP contribution in [0.15, 0.2) is 72.2 Å². The zero-order valence-electron chi connectivity index (χ0n) is 28.9. The largest absolute Gasteiger partial charge is 0.447 e. The fourth-order valence-corrected chi connectivity index (χ4v) is 6.89. The minimum absolute atomic E-state index is 0.0266. The van der Waals surface area contributed by atoms with Gasteiger partial charge in [-0.2, -0.15) is 19.0 Å². The van der Waals surface area contributed by atoms with E-state index in [-0.39, 0.29) is 29.4 Å². The van der Waals surface area contributed by atoms with Crippen LogP contribution in [0.2, 0.25) is 5.02 Å². The average molecular weight is 719 g/mol. The van der Waals surface area contributed by atoms with Crippen LogP contribution in [-0.4, -0.2) is 54.6 Å². The Morgan fingerprint density at radius 3 is 2.43 bits per heavy atom. The number of amides is 2. The van der Waals surface area contributed by atoms with E-state index in [4.69, 9.17) is 27.1 Å². The number of benzene rings is 2. The van der Waals surface area contributed by atoms with E-state index >= 15 is 0 Å². The Balaban J connectivity index is 1.25. The Morgan fingerprint density at radius 2 is 1.80 bits per heavy atom. The highest BCUT2D eigenvalue weighted by Gasteiger charge is 2.53. The standard InChI is InChI=1S/C37H41ClF2N8O3/c1-35(2,3)21-37(27-10-7-23(8-11-27)26-17-43-47(19-26)32(39)40)31(49)48(33(41)44-37)30(20-51-34(50)45-36(4)13-14-36)24-9-12-28(38)29(15-24)46-18-25(16-42-46)22-5-6-22/h7-12,15-19,22,30,32H,5-6,13-14,20-21H2,1-4H3,(H2,41,44)(H,45,50)/t30?,37-/m1/s1. The summed E-state index contributed by atoms with van der Waals surface area (Å²) in [5.41, 5.74) is 8.68. The number of nitrogens with one attached hydrogen (secondary N) is 1. The third-order valence-electron chi connectivity index (χ3n) is 9.75. The van der Waals surface area contributed by atoms with E-state index in [0.717, 1.165) is 31.2 Å². The summed E-state index contributed by atoms with van der Waals surface area (Å²) in [6, 6.07) is 11.5. The lowest BCUT2D eigenvalue weighted by Gasteiger charge is -2.35. The predicted molar refractivity (Wildman–Crippen MR) is 189 cm³/mol. The summed E-state index contributed by atoms with van der Waals surface area (Å²) in [6.07, 6.45) is 10.1. The van der Waals surface area contributed by atoms with E-state index in [1.807, 2.05) is 46.2 Å². The van der Waals surface area contributed by atoms with Gasteiger partial charge in [-0.05, 0) is 84.7 Å². The van der Waals surface area contributed by atoms with Crippen molar-refractivity contribution in [2.24, 2.45) is 16.1 Å². The smallest absolute Gasteiger partial charge is 0.407 e. The molecule has 2 aliphatic carbocycles. The third kappa shape index (κ3) is 7.08. The molecule has 3 aliphatic rings. The quantitative estimate of drug-likeness (QED) is 0.165. The van der Waals surface area contributed by atoms with Crippen LogP contribution in [-0.2, 0) is 15.1 Å². The van der Waals surface area contributed by atoms with Crippen LogP contribution < -0.4 is 11.1 Å². The molecule has 14 heteroatoms. The summed E-state index contributed by atoms with van der Waals surface area (Å²) in [7, 11) is 0. The minimum atomic E-state index is -2.76. The van der Waals surface area contributed by atoms with Crippen LogP contribution in [0.5, 0.6) is 0 Å². The van der Waals surface area contributed by atoms with E-state index in [0.29, 0.717) is 50.0 Å². The zero-order chi connectivity index (χ0) is 36.3. The van der Waals surface area contributed by atoms with E-state index < -0.39 is 24.2 Å². The number of rotatable bonds is 11. The molecule has 1 unspecified atom stereocenters. The Bertz CT molecular complexity index is 1990. The zero-order valence-corrected chi connectivity index (χ0v) is 29.7. The molecule has 4 aromatic rings. The lowest BCUT2D eigenvalue weighted by molar-refractivity contribution is -0.135. The molecule has 0 spiro atoms. The van der Waals surface area contributed by atoms with Gasteiger partial charge in [-0.15, -0.1) is 0 Å². The molecule has 0 saturated heterocycles. The van der Waals surface area contributed by atoms with Crippen molar-refractivity contribution in [1.82, 2.24) is 29.8 Å². The maximum atomic E-state index is 15.0. The van der Waals surface area contributed by atoms with Crippen molar-refractivity contribution in [3.05, 3.63) is 89.0 Å². The molecule has 7 rings (SSSR count). The SMILES string of the molecule is CC(C)(C)C[C@]1(c2ccc(-c3cnn(C(F)F)c3)cc2)N=C(N)N(C(COC(=O)NC2(C)CC2)c2ccc(Cl)c(-n3cc(C4CC4)cn3)c2)C1=O. The maximum absolute atomic E-state index is 15.0. The number of hydrogen-bond acceptors (Lipinski definition) is 7. The normalized spacial score (nSPS) is 20.4. The first-order chi connectivity index (χ1) is 24.1. The summed E-state index contributed by atoms with van der Waals surface area (Å²) in [6.45, 7) is 5.01. The lowest BCUT2D eigenvalue weighted by Crippen LogP contribution is -2.48. The van der Waals surface area contributed by atoms with Gasteiger partial charge in [-0.25, -0.2) is 19.2 Å². The van der Waals surface area contributed by atoms with Crippen LogP contribution in [0.4, 0.5) is 13.6 Å². The molecule has 2 saturated carbocycles. The van der Waals surface area contributed by atoms with Gasteiger partial charge in [0.25, 0.3) is 5.91 Å². The van der Waals surface area contributed by atoms with Gasteiger partial charge in [0.05, 0.1) is 29.1 Å². The van der Waals surface area contributed by atoms with E-state index in [1.54, 1.807) is 41.1 Å². The van der Waals surface area contributed by atoms with Crippen molar-refractivity contribution in [2.75, 3.05) is 6.61 Å². The van der Waals surface area contributed by atoms with Gasteiger partial charge in [-0.3, -0.25) is 9.69 Å². The molecular weight excluding hydrogens is 678 g/mol. The second-order valence-corrected chi connectivity index (χ2v) is 15.7. The second-order valence-electron chi connectivity index (χ2n) is 15.3. The predicted octanol–water partition coefficient (Wildman–Crippen LogP) is 7.47. The van der Waals surface area contributed by atoms with Crippen molar-refractivity contribution in [3.63, 3.8) is 0 Å². The topological polar surface area (TPSA) is 133 Å². The highest BCUT2D eigenvalue weighted by Crippen LogP contribution is 2.46. The molecule has 2 aromatic heterocycles. The number of carbonyl (C=O) groups is 2. The first-order valence-electron chi connectivity index (χ1n) is 17.1. The number of alkyl carbamates (subject to hydrolysis) is 1. The molecule has 2 aromatic carbocycles. The third-order valence-corrected chi connectivity index (χ3v) is 10.1. The van der Waals surface area contributed by atoms with Gasteiger partial charge in [0.2, 0.25) is 0 Å². The lowest BCUT2D eigenvalue weighted by atomic mass is 9.75. The molecular formula is C37H41ClF2N8O3. The van der Waals surface area contributed by atoms with Gasteiger partial charge >= 0.3 is 12.6 Å². The number of aromatic nitrogens is 4. The molecule has 3 heterocycles. The van der Waals surface area contributed by atoms with Crippen molar-refractivity contribution in [2.45, 2.75) is 89.4 Å². The molecule has 1 aliphatic heterocycles. The first-order valence-corrected chi connectivity index (χ1v) is 17.4. The van der Waals surface area contributed by atoms with Gasteiger partial charge in [-0.1, -0.05) is 62.7 Å².